The van der Waals surface area contributed by atoms with Crippen molar-refractivity contribution in [1.29, 1.82) is 0 Å². The number of nitrogens with two attached hydrogens (primary N) is 1. The molecule has 3 heteroatoms. The SMILES string of the molecule is COC1CC(N)CCO1. The maximum absolute atomic E-state index is 5.64. The van der Waals surface area contributed by atoms with Gasteiger partial charge in [0.15, 0.2) is 6.29 Å². The van der Waals surface area contributed by atoms with Crippen LogP contribution in [0.4, 0.5) is 0 Å². The highest BCUT2D eigenvalue weighted by molar-refractivity contribution is 4.67. The van der Waals surface area contributed by atoms with E-state index in [9.17, 15) is 0 Å². The lowest BCUT2D eigenvalue weighted by molar-refractivity contribution is -0.149. The molecule has 1 aliphatic heterocycles. The van der Waals surface area contributed by atoms with Crippen LogP contribution in [-0.4, -0.2) is 26.0 Å². The van der Waals surface area contributed by atoms with Crippen LogP contribution in [0.3, 0.4) is 0 Å². The summed E-state index contributed by atoms with van der Waals surface area (Å²) in [7, 11) is 1.64. The smallest absolute Gasteiger partial charge is 0.158 e. The minimum absolute atomic E-state index is 0.0613. The number of ether oxygens (including phenoxy) is 2. The molecule has 0 aromatic carbocycles. The lowest BCUT2D eigenvalue weighted by Crippen LogP contribution is -2.35. The van der Waals surface area contributed by atoms with E-state index < -0.39 is 0 Å². The zero-order chi connectivity index (χ0) is 6.69. The summed E-state index contributed by atoms with van der Waals surface area (Å²) in [5, 5.41) is 0. The van der Waals surface area contributed by atoms with E-state index in [1.807, 2.05) is 0 Å². The van der Waals surface area contributed by atoms with E-state index in [-0.39, 0.29) is 12.3 Å². The topological polar surface area (TPSA) is 44.5 Å². The van der Waals surface area contributed by atoms with Crippen molar-refractivity contribution < 1.29 is 9.47 Å². The molecule has 0 radical (unpaired) electrons. The molecule has 0 bridgehead atoms. The van der Waals surface area contributed by atoms with Crippen molar-refractivity contribution >= 4 is 0 Å². The Morgan fingerprint density at radius 3 is 2.89 bits per heavy atom. The van der Waals surface area contributed by atoms with Gasteiger partial charge in [0.25, 0.3) is 0 Å². The van der Waals surface area contributed by atoms with E-state index in [0.29, 0.717) is 0 Å². The third kappa shape index (κ3) is 1.93. The minimum Gasteiger partial charge on any atom is -0.356 e. The van der Waals surface area contributed by atoms with Crippen molar-refractivity contribution in [1.82, 2.24) is 0 Å². The molecule has 1 heterocycles. The molecule has 3 nitrogen and oxygen atoms in total. The Morgan fingerprint density at radius 2 is 2.44 bits per heavy atom. The average molecular weight is 131 g/mol. The van der Waals surface area contributed by atoms with Gasteiger partial charge in [0, 0.05) is 19.6 Å². The summed E-state index contributed by atoms with van der Waals surface area (Å²) in [5.41, 5.74) is 5.64. The molecule has 2 unspecified atom stereocenters. The van der Waals surface area contributed by atoms with Crippen LogP contribution in [0.1, 0.15) is 12.8 Å². The average Bonchev–Trinajstić information content (AvgIpc) is 1.88. The van der Waals surface area contributed by atoms with Gasteiger partial charge in [0.1, 0.15) is 0 Å². The van der Waals surface area contributed by atoms with E-state index in [0.717, 1.165) is 19.4 Å². The standard InChI is InChI=1S/C6H13NO2/c1-8-6-4-5(7)2-3-9-6/h5-6H,2-4,7H2,1H3. The molecule has 54 valence electrons. The van der Waals surface area contributed by atoms with E-state index in [2.05, 4.69) is 0 Å². The van der Waals surface area contributed by atoms with Crippen molar-refractivity contribution in [2.24, 2.45) is 5.73 Å². The second kappa shape index (κ2) is 3.15. The zero-order valence-electron chi connectivity index (χ0n) is 5.67. The van der Waals surface area contributed by atoms with Crippen LogP contribution in [0, 0.1) is 0 Å². The Labute approximate surface area is 55.1 Å². The van der Waals surface area contributed by atoms with Crippen LogP contribution >= 0.6 is 0 Å². The monoisotopic (exact) mass is 131 g/mol. The molecule has 2 N–H and O–H groups in total. The normalized spacial score (nSPS) is 36.7. The Kier molecular flexibility index (Phi) is 2.45. The third-order valence-corrected chi connectivity index (χ3v) is 1.55. The summed E-state index contributed by atoms with van der Waals surface area (Å²) in [6.07, 6.45) is 1.73. The minimum atomic E-state index is -0.0613. The van der Waals surface area contributed by atoms with Crippen molar-refractivity contribution in [3.05, 3.63) is 0 Å². The Balaban J connectivity index is 2.23. The Hall–Kier alpha value is -0.120. The van der Waals surface area contributed by atoms with Crippen LogP contribution < -0.4 is 5.73 Å². The zero-order valence-corrected chi connectivity index (χ0v) is 5.67. The largest absolute Gasteiger partial charge is 0.356 e. The van der Waals surface area contributed by atoms with Crippen molar-refractivity contribution in [2.75, 3.05) is 13.7 Å². The lowest BCUT2D eigenvalue weighted by atomic mass is 10.1. The van der Waals surface area contributed by atoms with Crippen molar-refractivity contribution in [3.8, 4) is 0 Å². The van der Waals surface area contributed by atoms with Gasteiger partial charge in [-0.1, -0.05) is 0 Å². The number of rotatable bonds is 1. The molecule has 1 rings (SSSR count). The molecule has 0 spiro atoms. The molecule has 0 aromatic heterocycles. The van der Waals surface area contributed by atoms with E-state index >= 15 is 0 Å². The summed E-state index contributed by atoms with van der Waals surface area (Å²) < 4.78 is 10.2. The fourth-order valence-electron chi connectivity index (χ4n) is 0.948. The predicted molar refractivity (Wildman–Crippen MR) is 34.0 cm³/mol. The first-order chi connectivity index (χ1) is 4.33. The van der Waals surface area contributed by atoms with Crippen LogP contribution in [-0.2, 0) is 9.47 Å². The molecule has 0 aliphatic carbocycles. The van der Waals surface area contributed by atoms with Crippen LogP contribution in [0.5, 0.6) is 0 Å². The van der Waals surface area contributed by atoms with Gasteiger partial charge < -0.3 is 15.2 Å². The highest BCUT2D eigenvalue weighted by atomic mass is 16.7. The highest BCUT2D eigenvalue weighted by Crippen LogP contribution is 2.11. The number of hydrogen-bond donors (Lipinski definition) is 1. The second-order valence-corrected chi connectivity index (χ2v) is 2.32. The summed E-state index contributed by atoms with van der Waals surface area (Å²) in [6, 6.07) is 0.267. The summed E-state index contributed by atoms with van der Waals surface area (Å²) in [4.78, 5) is 0. The van der Waals surface area contributed by atoms with Crippen molar-refractivity contribution in [2.45, 2.75) is 25.2 Å². The van der Waals surface area contributed by atoms with E-state index in [4.69, 9.17) is 15.2 Å². The lowest BCUT2D eigenvalue weighted by Gasteiger charge is -2.25. The number of methoxy groups -OCH3 is 1. The van der Waals surface area contributed by atoms with Gasteiger partial charge in [0.05, 0.1) is 6.61 Å². The highest BCUT2D eigenvalue weighted by Gasteiger charge is 2.18. The van der Waals surface area contributed by atoms with Crippen LogP contribution in [0.15, 0.2) is 0 Å². The molecule has 0 aromatic rings. The maximum atomic E-state index is 5.64. The molecular formula is C6H13NO2. The summed E-state index contributed by atoms with van der Waals surface area (Å²) in [6.45, 7) is 0.736. The van der Waals surface area contributed by atoms with Gasteiger partial charge in [-0.15, -0.1) is 0 Å². The fourth-order valence-corrected chi connectivity index (χ4v) is 0.948. The molecule has 0 amide bonds. The Bertz CT molecular complexity index is 87.1. The van der Waals surface area contributed by atoms with Gasteiger partial charge in [-0.25, -0.2) is 0 Å². The van der Waals surface area contributed by atoms with Gasteiger partial charge in [-0.05, 0) is 6.42 Å². The first-order valence-corrected chi connectivity index (χ1v) is 3.23. The summed E-state index contributed by atoms with van der Waals surface area (Å²) in [5.74, 6) is 0. The Morgan fingerprint density at radius 1 is 1.67 bits per heavy atom. The molecule has 1 saturated heterocycles. The van der Waals surface area contributed by atoms with Gasteiger partial charge >= 0.3 is 0 Å². The van der Waals surface area contributed by atoms with E-state index in [1.54, 1.807) is 7.11 Å². The number of hydrogen-bond acceptors (Lipinski definition) is 3. The quantitative estimate of drug-likeness (QED) is 0.548. The molecule has 1 aliphatic rings. The van der Waals surface area contributed by atoms with Crippen LogP contribution in [0.25, 0.3) is 0 Å². The maximum Gasteiger partial charge on any atom is 0.158 e. The van der Waals surface area contributed by atoms with E-state index in [1.165, 1.54) is 0 Å². The fraction of sp³-hybridized carbons (Fsp3) is 1.00. The molecular weight excluding hydrogens is 118 g/mol. The molecule has 9 heavy (non-hydrogen) atoms. The molecule has 1 fully saturated rings. The first kappa shape index (κ1) is 6.99. The van der Waals surface area contributed by atoms with Crippen LogP contribution in [0.2, 0.25) is 0 Å². The first-order valence-electron chi connectivity index (χ1n) is 3.23. The second-order valence-electron chi connectivity index (χ2n) is 2.32. The third-order valence-electron chi connectivity index (χ3n) is 1.55. The molecule has 0 saturated carbocycles. The summed E-state index contributed by atoms with van der Waals surface area (Å²) >= 11 is 0. The molecule has 2 atom stereocenters. The van der Waals surface area contributed by atoms with Gasteiger partial charge in [-0.3, -0.25) is 0 Å². The predicted octanol–water partition coefficient (Wildman–Crippen LogP) is 0.0966. The van der Waals surface area contributed by atoms with Gasteiger partial charge in [-0.2, -0.15) is 0 Å². The van der Waals surface area contributed by atoms with Gasteiger partial charge in [0.2, 0.25) is 0 Å². The van der Waals surface area contributed by atoms with Crippen molar-refractivity contribution in [3.63, 3.8) is 0 Å².